The zero-order valence-corrected chi connectivity index (χ0v) is 17.2. The van der Waals surface area contributed by atoms with Gasteiger partial charge in [-0.1, -0.05) is 24.3 Å². The lowest BCUT2D eigenvalue weighted by atomic mass is 10.0. The number of likely N-dealkylation sites (tertiary alicyclic amines) is 1. The second-order valence-corrected chi connectivity index (χ2v) is 10.5. The van der Waals surface area contributed by atoms with Gasteiger partial charge in [-0.15, -0.1) is 0 Å². The second kappa shape index (κ2) is 7.12. The topological polar surface area (TPSA) is 87.2 Å². The molecule has 2 aromatic carbocycles. The first-order valence-corrected chi connectivity index (χ1v) is 10.9. The van der Waals surface area contributed by atoms with Crippen molar-refractivity contribution < 1.29 is 23.1 Å². The number of carbonyl (C=O) groups excluding carboxylic acids is 1. The van der Waals surface area contributed by atoms with Crippen LogP contribution in [0.25, 0.3) is 11.1 Å². The number of anilines is 1. The fourth-order valence-electron chi connectivity index (χ4n) is 4.04. The molecule has 29 heavy (non-hydrogen) atoms. The average molecular weight is 416 g/mol. The first-order valence-electron chi connectivity index (χ1n) is 9.46. The van der Waals surface area contributed by atoms with Crippen molar-refractivity contribution >= 4 is 21.6 Å². The summed E-state index contributed by atoms with van der Waals surface area (Å²) in [4.78, 5) is 15.7. The minimum Gasteiger partial charge on any atom is -0.441 e. The third-order valence-electron chi connectivity index (χ3n) is 5.61. The molecule has 2 saturated heterocycles. The van der Waals surface area contributed by atoms with Crippen LogP contribution in [0, 0.1) is 0 Å². The Kier molecular flexibility index (Phi) is 4.88. The van der Waals surface area contributed by atoms with Gasteiger partial charge in [0, 0.05) is 18.8 Å². The fraction of sp³-hybridized carbons (Fsp3) is 0.381. The Balaban J connectivity index is 1.52. The summed E-state index contributed by atoms with van der Waals surface area (Å²) in [6.45, 7) is 2.98. The number of rotatable bonds is 5. The van der Waals surface area contributed by atoms with Crippen molar-refractivity contribution in [3.05, 3.63) is 48.5 Å². The first-order chi connectivity index (χ1) is 13.7. The number of ether oxygens (including phenoxy) is 1. The molecule has 0 aliphatic carbocycles. The number of aliphatic hydroxyl groups excluding tert-OH is 1. The van der Waals surface area contributed by atoms with E-state index in [1.54, 1.807) is 31.2 Å². The van der Waals surface area contributed by atoms with Crippen molar-refractivity contribution in [2.75, 3.05) is 38.2 Å². The van der Waals surface area contributed by atoms with Crippen molar-refractivity contribution in [2.45, 2.75) is 22.7 Å². The molecular formula is C21H24N2O5S. The molecule has 0 unspecified atom stereocenters. The van der Waals surface area contributed by atoms with E-state index >= 15 is 0 Å². The number of carbonyl (C=O) groups is 1. The van der Waals surface area contributed by atoms with Crippen molar-refractivity contribution in [3.8, 4) is 11.1 Å². The Morgan fingerprint density at radius 3 is 2.10 bits per heavy atom. The number of cyclic esters (lactones) is 1. The minimum absolute atomic E-state index is 0.203. The molecule has 154 valence electrons. The van der Waals surface area contributed by atoms with Gasteiger partial charge >= 0.3 is 6.09 Å². The Labute approximate surface area is 170 Å². The normalized spacial score (nSPS) is 21.7. The van der Waals surface area contributed by atoms with Gasteiger partial charge in [0.15, 0.2) is 9.84 Å². The lowest BCUT2D eigenvalue weighted by Crippen LogP contribution is -2.62. The van der Waals surface area contributed by atoms with Gasteiger partial charge in [-0.3, -0.25) is 4.90 Å². The van der Waals surface area contributed by atoms with E-state index < -0.39 is 26.8 Å². The molecular weight excluding hydrogens is 392 g/mol. The van der Waals surface area contributed by atoms with Crippen LogP contribution >= 0.6 is 0 Å². The standard InChI is InChI=1S/C21H24N2O5S/c1-21(13-22(2)14-21)29(26,27)19-9-5-16(6-10-19)15-3-7-17(8-4-15)23-11-18(12-24)28-20(23)25/h3-10,18,24H,11-14H2,1-2H3/t18-/m1/s1. The van der Waals surface area contributed by atoms with E-state index in [1.807, 2.05) is 36.2 Å². The van der Waals surface area contributed by atoms with Crippen LogP contribution in [0.15, 0.2) is 53.4 Å². The molecule has 2 aliphatic heterocycles. The van der Waals surface area contributed by atoms with Crippen LogP contribution in [0.2, 0.25) is 0 Å². The fourth-order valence-corrected chi connectivity index (χ4v) is 5.88. The van der Waals surface area contributed by atoms with Gasteiger partial charge < -0.3 is 14.7 Å². The lowest BCUT2D eigenvalue weighted by Gasteiger charge is -2.45. The molecule has 0 radical (unpaired) electrons. The lowest BCUT2D eigenvalue weighted by molar-refractivity contribution is 0.0963. The molecule has 2 aromatic rings. The molecule has 8 heteroatoms. The van der Waals surface area contributed by atoms with Crippen LogP contribution in [0.4, 0.5) is 10.5 Å². The van der Waals surface area contributed by atoms with Crippen LogP contribution in [-0.2, 0) is 14.6 Å². The molecule has 0 bridgehead atoms. The second-order valence-electron chi connectivity index (χ2n) is 8.00. The van der Waals surface area contributed by atoms with Crippen LogP contribution < -0.4 is 4.90 Å². The molecule has 2 fully saturated rings. The van der Waals surface area contributed by atoms with E-state index in [-0.39, 0.29) is 6.61 Å². The molecule has 1 atom stereocenters. The van der Waals surface area contributed by atoms with Gasteiger partial charge in [0.25, 0.3) is 0 Å². The van der Waals surface area contributed by atoms with Gasteiger partial charge in [-0.05, 0) is 49.4 Å². The third-order valence-corrected chi connectivity index (χ3v) is 8.06. The summed E-state index contributed by atoms with van der Waals surface area (Å²) in [6.07, 6.45) is -0.976. The molecule has 1 amide bonds. The molecule has 0 aromatic heterocycles. The van der Waals surface area contributed by atoms with Crippen molar-refractivity contribution in [1.29, 1.82) is 0 Å². The van der Waals surface area contributed by atoms with Gasteiger partial charge in [0.1, 0.15) is 6.10 Å². The van der Waals surface area contributed by atoms with E-state index in [0.717, 1.165) is 11.1 Å². The smallest absolute Gasteiger partial charge is 0.414 e. The number of hydrogen-bond acceptors (Lipinski definition) is 6. The van der Waals surface area contributed by atoms with Gasteiger partial charge in [0.2, 0.25) is 0 Å². The van der Waals surface area contributed by atoms with Crippen molar-refractivity contribution in [1.82, 2.24) is 4.90 Å². The van der Waals surface area contributed by atoms with Gasteiger partial charge in [-0.2, -0.15) is 0 Å². The Morgan fingerprint density at radius 1 is 1.07 bits per heavy atom. The maximum absolute atomic E-state index is 12.9. The Bertz CT molecular complexity index is 1010. The van der Waals surface area contributed by atoms with E-state index in [4.69, 9.17) is 9.84 Å². The van der Waals surface area contributed by atoms with Crippen molar-refractivity contribution in [2.24, 2.45) is 0 Å². The van der Waals surface area contributed by atoms with Gasteiger partial charge in [0.05, 0.1) is 22.8 Å². The number of aliphatic hydroxyl groups is 1. The molecule has 0 saturated carbocycles. The Hall–Kier alpha value is -2.42. The number of benzene rings is 2. The molecule has 2 aliphatic rings. The van der Waals surface area contributed by atoms with E-state index in [0.29, 0.717) is 30.2 Å². The highest BCUT2D eigenvalue weighted by molar-refractivity contribution is 7.93. The zero-order chi connectivity index (χ0) is 20.8. The van der Waals surface area contributed by atoms with Crippen molar-refractivity contribution in [3.63, 3.8) is 0 Å². The minimum atomic E-state index is -3.39. The van der Waals surface area contributed by atoms with Crippen LogP contribution in [0.3, 0.4) is 0 Å². The quantitative estimate of drug-likeness (QED) is 0.804. The molecule has 0 spiro atoms. The third kappa shape index (κ3) is 3.41. The van der Waals surface area contributed by atoms with Crippen LogP contribution in [-0.4, -0.2) is 68.7 Å². The largest absolute Gasteiger partial charge is 0.441 e. The maximum atomic E-state index is 12.9. The molecule has 7 nitrogen and oxygen atoms in total. The van der Waals surface area contributed by atoms with Gasteiger partial charge in [-0.25, -0.2) is 13.2 Å². The summed E-state index contributed by atoms with van der Waals surface area (Å²) in [6, 6.07) is 14.3. The van der Waals surface area contributed by atoms with E-state index in [9.17, 15) is 13.2 Å². The summed E-state index contributed by atoms with van der Waals surface area (Å²) in [5.74, 6) is 0. The summed E-state index contributed by atoms with van der Waals surface area (Å²) in [5, 5.41) is 9.15. The summed E-state index contributed by atoms with van der Waals surface area (Å²) in [7, 11) is -1.47. The first kappa shape index (κ1) is 19.9. The summed E-state index contributed by atoms with van der Waals surface area (Å²) >= 11 is 0. The summed E-state index contributed by atoms with van der Waals surface area (Å²) in [5.41, 5.74) is 2.50. The number of hydrogen-bond donors (Lipinski definition) is 1. The van der Waals surface area contributed by atoms with E-state index in [1.165, 1.54) is 4.90 Å². The predicted molar refractivity (Wildman–Crippen MR) is 110 cm³/mol. The van der Waals surface area contributed by atoms with E-state index in [2.05, 4.69) is 0 Å². The van der Waals surface area contributed by atoms with Crippen LogP contribution in [0.5, 0.6) is 0 Å². The highest BCUT2D eigenvalue weighted by atomic mass is 32.2. The molecule has 1 N–H and O–H groups in total. The number of amides is 1. The monoisotopic (exact) mass is 416 g/mol. The zero-order valence-electron chi connectivity index (χ0n) is 16.4. The Morgan fingerprint density at radius 2 is 1.62 bits per heavy atom. The van der Waals surface area contributed by atoms with Crippen LogP contribution in [0.1, 0.15) is 6.92 Å². The molecule has 4 rings (SSSR count). The number of nitrogens with zero attached hydrogens (tertiary/aromatic N) is 2. The predicted octanol–water partition coefficient (Wildman–Crippen LogP) is 2.15. The highest BCUT2D eigenvalue weighted by Crippen LogP contribution is 2.34. The molecule has 2 heterocycles. The highest BCUT2D eigenvalue weighted by Gasteiger charge is 2.48. The number of sulfone groups is 1. The summed E-state index contributed by atoms with van der Waals surface area (Å²) < 4.78 is 30.1. The maximum Gasteiger partial charge on any atom is 0.414 e. The average Bonchev–Trinajstić information content (AvgIpc) is 3.08. The SMILES string of the molecule is CN1CC(C)(S(=O)(=O)c2ccc(-c3ccc(N4C[C@H](CO)OC4=O)cc3)cc2)C1.